The Morgan fingerprint density at radius 1 is 1.45 bits per heavy atom. The molecule has 0 unspecified atom stereocenters. The van der Waals surface area contributed by atoms with Crippen molar-refractivity contribution in [3.05, 3.63) is 42.1 Å². The van der Waals surface area contributed by atoms with Gasteiger partial charge in [-0.05, 0) is 31.6 Å². The summed E-state index contributed by atoms with van der Waals surface area (Å²) in [4.78, 5) is 19.2. The van der Waals surface area contributed by atoms with Gasteiger partial charge in [0.2, 0.25) is 5.88 Å². The zero-order valence-electron chi connectivity index (χ0n) is 11.5. The molecule has 0 aliphatic carbocycles. The van der Waals surface area contributed by atoms with Crippen molar-refractivity contribution in [2.24, 2.45) is 0 Å². The van der Waals surface area contributed by atoms with E-state index in [9.17, 15) is 4.79 Å². The molecule has 6 nitrogen and oxygen atoms in total. The van der Waals surface area contributed by atoms with Crippen LogP contribution in [0.1, 0.15) is 18.3 Å². The number of rotatable bonds is 4. The summed E-state index contributed by atoms with van der Waals surface area (Å²) in [6.45, 7) is 3.58. The number of ether oxygens (including phenoxy) is 1. The van der Waals surface area contributed by atoms with E-state index in [1.54, 1.807) is 23.9 Å². The van der Waals surface area contributed by atoms with Crippen molar-refractivity contribution >= 4 is 11.5 Å². The maximum Gasteiger partial charge on any atom is 0.328 e. The second-order valence-electron chi connectivity index (χ2n) is 4.31. The summed E-state index contributed by atoms with van der Waals surface area (Å²) in [6.07, 6.45) is 4.65. The highest BCUT2D eigenvalue weighted by atomic mass is 16.5. The van der Waals surface area contributed by atoms with Gasteiger partial charge in [0.25, 0.3) is 0 Å². The predicted octanol–water partition coefficient (Wildman–Crippen LogP) is 2.07. The molecule has 2 heterocycles. The van der Waals surface area contributed by atoms with Crippen molar-refractivity contribution in [3.63, 3.8) is 0 Å². The van der Waals surface area contributed by atoms with E-state index >= 15 is 0 Å². The smallest absolute Gasteiger partial charge is 0.328 e. The lowest BCUT2D eigenvalue weighted by atomic mass is 10.2. The van der Waals surface area contributed by atoms with Gasteiger partial charge in [-0.25, -0.2) is 14.8 Å². The predicted molar refractivity (Wildman–Crippen MR) is 73.9 cm³/mol. The fraction of sp³-hybridized carbons (Fsp3) is 0.214. The van der Waals surface area contributed by atoms with Crippen molar-refractivity contribution in [3.8, 4) is 11.6 Å². The molecule has 0 fully saturated rings. The summed E-state index contributed by atoms with van der Waals surface area (Å²) < 4.78 is 7.08. The number of imidazole rings is 1. The zero-order chi connectivity index (χ0) is 14.7. The molecule has 0 spiro atoms. The van der Waals surface area contributed by atoms with Crippen LogP contribution in [0.4, 0.5) is 0 Å². The molecular formula is C14H15N3O3. The van der Waals surface area contributed by atoms with Crippen LogP contribution in [0.2, 0.25) is 0 Å². The van der Waals surface area contributed by atoms with Gasteiger partial charge in [-0.15, -0.1) is 0 Å². The van der Waals surface area contributed by atoms with Crippen LogP contribution in [0.5, 0.6) is 5.88 Å². The molecule has 0 aliphatic heterocycles. The molecule has 0 radical (unpaired) electrons. The Hall–Kier alpha value is -2.63. The lowest BCUT2D eigenvalue weighted by molar-refractivity contribution is -0.131. The number of aromatic nitrogens is 3. The van der Waals surface area contributed by atoms with Crippen LogP contribution in [0.25, 0.3) is 11.3 Å². The van der Waals surface area contributed by atoms with Crippen LogP contribution in [-0.2, 0) is 4.79 Å². The molecular weight excluding hydrogens is 258 g/mol. The van der Waals surface area contributed by atoms with Crippen molar-refractivity contribution in [1.82, 2.24) is 14.5 Å². The van der Waals surface area contributed by atoms with Crippen LogP contribution in [0.15, 0.2) is 30.7 Å². The Morgan fingerprint density at radius 2 is 2.20 bits per heavy atom. The molecule has 104 valence electrons. The minimum atomic E-state index is -1.00. The minimum Gasteiger partial charge on any atom is -0.479 e. The Morgan fingerprint density at radius 3 is 2.75 bits per heavy atom. The molecule has 0 atom stereocenters. The number of hydrogen-bond acceptors (Lipinski definition) is 4. The van der Waals surface area contributed by atoms with Gasteiger partial charge in [-0.3, -0.25) is 0 Å². The summed E-state index contributed by atoms with van der Waals surface area (Å²) in [5, 5.41) is 8.76. The van der Waals surface area contributed by atoms with Crippen LogP contribution >= 0.6 is 0 Å². The summed E-state index contributed by atoms with van der Waals surface area (Å²) >= 11 is 0. The van der Waals surface area contributed by atoms with E-state index in [0.29, 0.717) is 17.1 Å². The highest BCUT2D eigenvalue weighted by Gasteiger charge is 2.10. The second kappa shape index (κ2) is 5.56. The molecule has 1 N–H and O–H groups in total. The summed E-state index contributed by atoms with van der Waals surface area (Å²) in [5.41, 5.74) is 2.76. The first kappa shape index (κ1) is 13.8. The normalized spacial score (nSPS) is 11.4. The Bertz CT molecular complexity index is 674. The van der Waals surface area contributed by atoms with Gasteiger partial charge in [0.05, 0.1) is 24.8 Å². The number of pyridine rings is 1. The first-order valence-electron chi connectivity index (χ1n) is 5.99. The monoisotopic (exact) mass is 273 g/mol. The standard InChI is InChI=1S/C14H15N3O3/c1-9(6-13(18)19)11-4-5-12(14(16-11)20-3)17-7-10(2)15-8-17/h4-8H,1-3H3,(H,18,19)/b9-6-. The first-order chi connectivity index (χ1) is 9.51. The maximum absolute atomic E-state index is 10.7. The molecule has 0 bridgehead atoms. The summed E-state index contributed by atoms with van der Waals surface area (Å²) in [7, 11) is 1.52. The quantitative estimate of drug-likeness (QED) is 0.863. The van der Waals surface area contributed by atoms with E-state index in [2.05, 4.69) is 9.97 Å². The van der Waals surface area contributed by atoms with E-state index in [1.807, 2.05) is 19.2 Å². The summed E-state index contributed by atoms with van der Waals surface area (Å²) in [5.74, 6) is -0.587. The number of aliphatic carboxylic acids is 1. The number of nitrogens with zero attached hydrogens (tertiary/aromatic N) is 3. The highest BCUT2D eigenvalue weighted by molar-refractivity contribution is 5.88. The van der Waals surface area contributed by atoms with Gasteiger partial charge in [0.15, 0.2) is 0 Å². The van der Waals surface area contributed by atoms with E-state index < -0.39 is 5.97 Å². The van der Waals surface area contributed by atoms with Gasteiger partial charge in [0, 0.05) is 12.3 Å². The number of allylic oxidation sites excluding steroid dienone is 1. The van der Waals surface area contributed by atoms with Gasteiger partial charge >= 0.3 is 5.97 Å². The number of carboxylic acids is 1. The fourth-order valence-electron chi connectivity index (χ4n) is 1.81. The molecule has 6 heteroatoms. The minimum absolute atomic E-state index is 0.415. The van der Waals surface area contributed by atoms with E-state index in [4.69, 9.17) is 9.84 Å². The van der Waals surface area contributed by atoms with Gasteiger partial charge in [-0.2, -0.15) is 0 Å². The Labute approximate surface area is 116 Å². The number of carbonyl (C=O) groups is 1. The first-order valence-corrected chi connectivity index (χ1v) is 5.99. The van der Waals surface area contributed by atoms with Crippen molar-refractivity contribution in [2.75, 3.05) is 7.11 Å². The largest absolute Gasteiger partial charge is 0.479 e. The van der Waals surface area contributed by atoms with Crippen LogP contribution in [-0.4, -0.2) is 32.7 Å². The third kappa shape index (κ3) is 2.85. The van der Waals surface area contributed by atoms with Crippen LogP contribution in [0.3, 0.4) is 0 Å². The van der Waals surface area contributed by atoms with E-state index in [-0.39, 0.29) is 0 Å². The zero-order valence-corrected chi connectivity index (χ0v) is 11.5. The maximum atomic E-state index is 10.7. The topological polar surface area (TPSA) is 77.2 Å². The fourth-order valence-corrected chi connectivity index (χ4v) is 1.81. The average Bonchev–Trinajstić information content (AvgIpc) is 2.83. The second-order valence-corrected chi connectivity index (χ2v) is 4.31. The van der Waals surface area contributed by atoms with E-state index in [0.717, 1.165) is 17.5 Å². The van der Waals surface area contributed by atoms with Crippen molar-refractivity contribution < 1.29 is 14.6 Å². The molecule has 0 aliphatic rings. The summed E-state index contributed by atoms with van der Waals surface area (Å²) in [6, 6.07) is 3.57. The highest BCUT2D eigenvalue weighted by Crippen LogP contribution is 2.23. The molecule has 0 amide bonds. The SMILES string of the molecule is COc1nc(/C(C)=C\C(=O)O)ccc1-n1cnc(C)c1. The number of methoxy groups -OCH3 is 1. The molecule has 20 heavy (non-hydrogen) atoms. The van der Waals surface area contributed by atoms with Crippen LogP contribution < -0.4 is 4.74 Å². The van der Waals surface area contributed by atoms with Gasteiger partial charge in [0.1, 0.15) is 5.69 Å². The van der Waals surface area contributed by atoms with Gasteiger partial charge < -0.3 is 14.4 Å². The van der Waals surface area contributed by atoms with Gasteiger partial charge in [-0.1, -0.05) is 0 Å². The molecule has 0 saturated heterocycles. The van der Waals surface area contributed by atoms with Crippen LogP contribution in [0, 0.1) is 6.92 Å². The lowest BCUT2D eigenvalue weighted by Gasteiger charge is -2.10. The molecule has 0 aromatic carbocycles. The molecule has 2 aromatic heterocycles. The Kier molecular flexibility index (Phi) is 3.84. The van der Waals surface area contributed by atoms with Crippen molar-refractivity contribution in [1.29, 1.82) is 0 Å². The number of aryl methyl sites for hydroxylation is 1. The lowest BCUT2D eigenvalue weighted by Crippen LogP contribution is -2.01. The molecule has 2 rings (SSSR count). The van der Waals surface area contributed by atoms with E-state index in [1.165, 1.54) is 7.11 Å². The number of carboxylic acid groups (broad SMARTS) is 1. The average molecular weight is 273 g/mol. The number of hydrogen-bond donors (Lipinski definition) is 1. The molecule has 2 aromatic rings. The Balaban J connectivity index is 2.46. The third-order valence-corrected chi connectivity index (χ3v) is 2.77. The third-order valence-electron chi connectivity index (χ3n) is 2.77. The van der Waals surface area contributed by atoms with Crippen molar-refractivity contribution in [2.45, 2.75) is 13.8 Å². The molecule has 0 saturated carbocycles.